The molecule has 0 aromatic carbocycles. The van der Waals surface area contributed by atoms with Gasteiger partial charge in [-0.3, -0.25) is 9.88 Å². The Hall–Kier alpha value is -0.930. The first-order valence-corrected chi connectivity index (χ1v) is 7.57. The molecule has 2 aliphatic rings. The molecule has 1 saturated heterocycles. The second kappa shape index (κ2) is 5.22. The maximum atomic E-state index is 11.0. The zero-order chi connectivity index (χ0) is 13.3. The van der Waals surface area contributed by atoms with Crippen LogP contribution in [0.4, 0.5) is 0 Å². The molecule has 2 heterocycles. The molecule has 0 spiro atoms. The zero-order valence-corrected chi connectivity index (χ0v) is 11.8. The Labute approximate surface area is 115 Å². The van der Waals surface area contributed by atoms with Crippen LogP contribution in [0.15, 0.2) is 18.5 Å². The summed E-state index contributed by atoms with van der Waals surface area (Å²) in [6, 6.07) is 2.09. The highest BCUT2D eigenvalue weighted by Gasteiger charge is 2.46. The van der Waals surface area contributed by atoms with Crippen molar-refractivity contribution in [3.05, 3.63) is 29.6 Å². The molecule has 104 valence electrons. The van der Waals surface area contributed by atoms with E-state index < -0.39 is 0 Å². The number of aromatic nitrogens is 1. The van der Waals surface area contributed by atoms with E-state index >= 15 is 0 Å². The molecular formula is C16H24N2O. The van der Waals surface area contributed by atoms with Crippen LogP contribution in [0.1, 0.15) is 55.8 Å². The fourth-order valence-electron chi connectivity index (χ4n) is 3.95. The van der Waals surface area contributed by atoms with E-state index in [1.807, 2.05) is 19.3 Å². The lowest BCUT2D eigenvalue weighted by Crippen LogP contribution is -2.49. The predicted octanol–water partition coefficient (Wildman–Crippen LogP) is 2.83. The minimum atomic E-state index is -0.388. The van der Waals surface area contributed by atoms with Gasteiger partial charge in [0.2, 0.25) is 0 Å². The number of aliphatic hydroxyl groups is 1. The van der Waals surface area contributed by atoms with Gasteiger partial charge >= 0.3 is 0 Å². The van der Waals surface area contributed by atoms with Crippen LogP contribution in [0.5, 0.6) is 0 Å². The van der Waals surface area contributed by atoms with Crippen molar-refractivity contribution in [1.29, 1.82) is 0 Å². The summed E-state index contributed by atoms with van der Waals surface area (Å²) in [6.07, 6.45) is 10.6. The van der Waals surface area contributed by atoms with E-state index in [2.05, 4.69) is 16.0 Å². The number of hydrogen-bond donors (Lipinski definition) is 1. The minimum Gasteiger partial charge on any atom is -0.386 e. The Morgan fingerprint density at radius 2 is 1.84 bits per heavy atom. The van der Waals surface area contributed by atoms with Crippen LogP contribution in [0.25, 0.3) is 0 Å². The van der Waals surface area contributed by atoms with E-state index in [0.717, 1.165) is 37.1 Å². The highest BCUT2D eigenvalue weighted by Crippen LogP contribution is 2.45. The summed E-state index contributed by atoms with van der Waals surface area (Å²) in [5.74, 6) is 0. The van der Waals surface area contributed by atoms with E-state index in [1.54, 1.807) is 0 Å². The van der Waals surface area contributed by atoms with Crippen LogP contribution in [-0.2, 0) is 0 Å². The van der Waals surface area contributed by atoms with Crippen LogP contribution >= 0.6 is 0 Å². The quantitative estimate of drug-likeness (QED) is 0.908. The van der Waals surface area contributed by atoms with E-state index in [-0.39, 0.29) is 11.6 Å². The van der Waals surface area contributed by atoms with Crippen LogP contribution in [0, 0.1) is 6.92 Å². The number of aliphatic hydroxyl groups excluding tert-OH is 1. The van der Waals surface area contributed by atoms with Crippen LogP contribution < -0.4 is 0 Å². The summed E-state index contributed by atoms with van der Waals surface area (Å²) >= 11 is 0. The number of nitrogens with zero attached hydrogens (tertiary/aromatic N) is 2. The average Bonchev–Trinajstić information content (AvgIpc) is 3.09. The molecule has 3 nitrogen and oxygen atoms in total. The molecule has 1 aliphatic heterocycles. The number of aryl methyl sites for hydroxylation is 1. The minimum absolute atomic E-state index is 0.0219. The molecule has 1 N–H and O–H groups in total. The largest absolute Gasteiger partial charge is 0.386 e. The highest BCUT2D eigenvalue weighted by molar-refractivity contribution is 5.23. The number of pyridine rings is 1. The second-order valence-electron chi connectivity index (χ2n) is 6.20. The van der Waals surface area contributed by atoms with Crippen molar-refractivity contribution in [2.75, 3.05) is 13.1 Å². The monoisotopic (exact) mass is 260 g/mol. The van der Waals surface area contributed by atoms with Crippen molar-refractivity contribution < 1.29 is 5.11 Å². The SMILES string of the molecule is Cc1cncc(C(O)C2(N3CCCC3)CCCC2)c1. The molecule has 1 unspecified atom stereocenters. The van der Waals surface area contributed by atoms with E-state index in [9.17, 15) is 5.11 Å². The summed E-state index contributed by atoms with van der Waals surface area (Å²) in [4.78, 5) is 6.80. The van der Waals surface area contributed by atoms with Crippen molar-refractivity contribution in [2.24, 2.45) is 0 Å². The molecule has 0 radical (unpaired) electrons. The Morgan fingerprint density at radius 1 is 1.16 bits per heavy atom. The van der Waals surface area contributed by atoms with Gasteiger partial charge in [0, 0.05) is 18.0 Å². The third-order valence-corrected chi connectivity index (χ3v) is 4.93. The van der Waals surface area contributed by atoms with E-state index in [4.69, 9.17) is 0 Å². The average molecular weight is 260 g/mol. The van der Waals surface area contributed by atoms with Gasteiger partial charge in [0.05, 0.1) is 11.6 Å². The highest BCUT2D eigenvalue weighted by atomic mass is 16.3. The van der Waals surface area contributed by atoms with Crippen LogP contribution in [0.3, 0.4) is 0 Å². The smallest absolute Gasteiger partial charge is 0.0988 e. The molecule has 1 aromatic rings. The molecule has 1 aliphatic carbocycles. The summed E-state index contributed by atoms with van der Waals surface area (Å²) in [5, 5.41) is 11.0. The summed E-state index contributed by atoms with van der Waals surface area (Å²) < 4.78 is 0. The molecule has 0 amide bonds. The second-order valence-corrected chi connectivity index (χ2v) is 6.20. The molecule has 2 fully saturated rings. The van der Waals surface area contributed by atoms with Gasteiger partial charge in [-0.2, -0.15) is 0 Å². The molecule has 1 aromatic heterocycles. The number of likely N-dealkylation sites (tertiary alicyclic amines) is 1. The molecule has 3 heteroatoms. The zero-order valence-electron chi connectivity index (χ0n) is 11.8. The normalized spacial score (nSPS) is 24.7. The Balaban J connectivity index is 1.91. The maximum absolute atomic E-state index is 11.0. The first-order valence-electron chi connectivity index (χ1n) is 7.57. The number of rotatable bonds is 3. The summed E-state index contributed by atoms with van der Waals surface area (Å²) in [6.45, 7) is 4.34. The van der Waals surface area contributed by atoms with Crippen molar-refractivity contribution in [3.63, 3.8) is 0 Å². The van der Waals surface area contributed by atoms with E-state index in [0.29, 0.717) is 0 Å². The van der Waals surface area contributed by atoms with E-state index in [1.165, 1.54) is 25.7 Å². The molecule has 3 rings (SSSR count). The molecule has 1 atom stereocenters. The van der Waals surface area contributed by atoms with Gasteiger partial charge in [-0.15, -0.1) is 0 Å². The van der Waals surface area contributed by atoms with Crippen LogP contribution in [-0.4, -0.2) is 33.6 Å². The summed E-state index contributed by atoms with van der Waals surface area (Å²) in [7, 11) is 0. The molecule has 19 heavy (non-hydrogen) atoms. The Bertz CT molecular complexity index is 434. The van der Waals surface area contributed by atoms with Crippen molar-refractivity contribution in [2.45, 2.75) is 57.1 Å². The van der Waals surface area contributed by atoms with Gasteiger partial charge in [-0.25, -0.2) is 0 Å². The van der Waals surface area contributed by atoms with Gasteiger partial charge in [-0.1, -0.05) is 18.9 Å². The summed E-state index contributed by atoms with van der Waals surface area (Å²) in [5.41, 5.74) is 2.10. The Morgan fingerprint density at radius 3 is 2.47 bits per heavy atom. The van der Waals surface area contributed by atoms with Crippen molar-refractivity contribution in [1.82, 2.24) is 9.88 Å². The first kappa shape index (κ1) is 13.1. The van der Waals surface area contributed by atoms with Crippen molar-refractivity contribution in [3.8, 4) is 0 Å². The van der Waals surface area contributed by atoms with Crippen molar-refractivity contribution >= 4 is 0 Å². The lowest BCUT2D eigenvalue weighted by atomic mass is 9.84. The van der Waals surface area contributed by atoms with Gasteiger partial charge in [0.25, 0.3) is 0 Å². The first-order chi connectivity index (χ1) is 9.22. The fourth-order valence-corrected chi connectivity index (χ4v) is 3.95. The lowest BCUT2D eigenvalue weighted by Gasteiger charge is -2.42. The Kier molecular flexibility index (Phi) is 3.59. The van der Waals surface area contributed by atoms with Gasteiger partial charge in [0.1, 0.15) is 0 Å². The molecule has 0 bridgehead atoms. The van der Waals surface area contributed by atoms with Crippen LogP contribution in [0.2, 0.25) is 0 Å². The molecular weight excluding hydrogens is 236 g/mol. The van der Waals surface area contributed by atoms with Gasteiger partial charge in [-0.05, 0) is 51.3 Å². The third kappa shape index (κ3) is 2.30. The van der Waals surface area contributed by atoms with Gasteiger partial charge in [0.15, 0.2) is 0 Å². The van der Waals surface area contributed by atoms with Gasteiger partial charge < -0.3 is 5.11 Å². The topological polar surface area (TPSA) is 36.4 Å². The number of hydrogen-bond acceptors (Lipinski definition) is 3. The third-order valence-electron chi connectivity index (χ3n) is 4.93. The lowest BCUT2D eigenvalue weighted by molar-refractivity contribution is -0.0197. The fraction of sp³-hybridized carbons (Fsp3) is 0.688. The standard InChI is InChI=1S/C16H24N2O/c1-13-10-14(12-17-11-13)15(19)16(6-2-3-7-16)18-8-4-5-9-18/h10-12,15,19H,2-9H2,1H3. The maximum Gasteiger partial charge on any atom is 0.0988 e. The molecule has 1 saturated carbocycles. The predicted molar refractivity (Wildman–Crippen MR) is 75.9 cm³/mol.